The summed E-state index contributed by atoms with van der Waals surface area (Å²) in [5.74, 6) is -0.235. The Kier molecular flexibility index (Phi) is 7.50. The van der Waals surface area contributed by atoms with Crippen LogP contribution in [0.15, 0.2) is 60.8 Å². The minimum Gasteiger partial charge on any atom is -0.375 e. The van der Waals surface area contributed by atoms with Crippen molar-refractivity contribution in [2.75, 3.05) is 36.2 Å². The average Bonchev–Trinajstić information content (AvgIpc) is 2.75. The third kappa shape index (κ3) is 6.51. The van der Waals surface area contributed by atoms with Crippen LogP contribution < -0.4 is 21.7 Å². The molecule has 9 heteroatoms. The molecule has 3 aromatic rings. The molecular formula is C22H24N6O3. The van der Waals surface area contributed by atoms with Crippen LogP contribution in [0.5, 0.6) is 0 Å². The van der Waals surface area contributed by atoms with Crippen LogP contribution in [0.3, 0.4) is 0 Å². The number of nitrogens with two attached hydrogens (primary N) is 1. The van der Waals surface area contributed by atoms with Crippen LogP contribution in [0, 0.1) is 0 Å². The number of aromatic nitrogens is 2. The second-order valence-electron chi connectivity index (χ2n) is 6.67. The molecule has 0 radical (unpaired) electrons. The quantitative estimate of drug-likeness (QED) is 0.396. The van der Waals surface area contributed by atoms with Gasteiger partial charge in [0.25, 0.3) is 5.91 Å². The Morgan fingerprint density at radius 2 is 1.84 bits per heavy atom. The fourth-order valence-corrected chi connectivity index (χ4v) is 2.86. The fraction of sp³-hybridized carbons (Fsp3) is 0.182. The van der Waals surface area contributed by atoms with Crippen LogP contribution in [0.2, 0.25) is 0 Å². The van der Waals surface area contributed by atoms with Gasteiger partial charge in [-0.25, -0.2) is 4.98 Å². The number of carbonyl (C=O) groups excluding carboxylic acids is 2. The maximum Gasteiger partial charge on any atom is 0.254 e. The van der Waals surface area contributed by atoms with Crippen molar-refractivity contribution in [2.24, 2.45) is 5.73 Å². The molecule has 1 heterocycles. The highest BCUT2D eigenvalue weighted by atomic mass is 16.5. The smallest absolute Gasteiger partial charge is 0.254 e. The Bertz CT molecular complexity index is 1040. The van der Waals surface area contributed by atoms with Gasteiger partial charge < -0.3 is 26.4 Å². The summed E-state index contributed by atoms with van der Waals surface area (Å²) in [5.41, 5.74) is 8.09. The summed E-state index contributed by atoms with van der Waals surface area (Å²) in [7, 11) is 1.45. The van der Waals surface area contributed by atoms with Gasteiger partial charge in [-0.2, -0.15) is 4.98 Å². The van der Waals surface area contributed by atoms with Crippen LogP contribution in [0.25, 0.3) is 0 Å². The lowest BCUT2D eigenvalue weighted by Gasteiger charge is -2.12. The SMILES string of the molecule is COCC(=O)Nc1cccc(Nc2ncc(C(N)=O)c(NCCc3ccccc3)n2)c1. The Labute approximate surface area is 180 Å². The maximum atomic E-state index is 11.8. The van der Waals surface area contributed by atoms with Crippen molar-refractivity contribution in [3.63, 3.8) is 0 Å². The van der Waals surface area contributed by atoms with Crippen molar-refractivity contribution in [2.45, 2.75) is 6.42 Å². The van der Waals surface area contributed by atoms with Crippen LogP contribution in [0.1, 0.15) is 15.9 Å². The largest absolute Gasteiger partial charge is 0.375 e. The lowest BCUT2D eigenvalue weighted by molar-refractivity contribution is -0.119. The van der Waals surface area contributed by atoms with Gasteiger partial charge in [0.15, 0.2) is 0 Å². The predicted octanol–water partition coefficient (Wildman–Crippen LogP) is 2.56. The zero-order valence-electron chi connectivity index (χ0n) is 17.1. The van der Waals surface area contributed by atoms with Gasteiger partial charge in [0.2, 0.25) is 11.9 Å². The summed E-state index contributed by atoms with van der Waals surface area (Å²) in [4.78, 5) is 32.0. The van der Waals surface area contributed by atoms with Crippen molar-refractivity contribution >= 4 is 35.0 Å². The first-order valence-electron chi connectivity index (χ1n) is 9.65. The van der Waals surface area contributed by atoms with E-state index in [9.17, 15) is 9.59 Å². The molecule has 0 atom stereocenters. The van der Waals surface area contributed by atoms with E-state index in [1.54, 1.807) is 24.3 Å². The van der Waals surface area contributed by atoms with E-state index in [0.29, 0.717) is 23.7 Å². The zero-order chi connectivity index (χ0) is 22.1. The molecule has 0 bridgehead atoms. The lowest BCUT2D eigenvalue weighted by Crippen LogP contribution is -2.18. The Morgan fingerprint density at radius 1 is 1.06 bits per heavy atom. The standard InChI is InChI=1S/C22H24N6O3/c1-31-14-19(29)26-16-8-5-9-17(12-16)27-22-25-13-18(20(23)30)21(28-22)24-11-10-15-6-3-2-4-7-15/h2-9,12-13H,10-11,14H2,1H3,(H2,23,30)(H,26,29)(H2,24,25,27,28). The number of hydrogen-bond donors (Lipinski definition) is 4. The van der Waals surface area contributed by atoms with Gasteiger partial charge in [0, 0.05) is 31.2 Å². The van der Waals surface area contributed by atoms with Gasteiger partial charge >= 0.3 is 0 Å². The molecule has 0 aliphatic carbocycles. The molecule has 0 saturated heterocycles. The van der Waals surface area contributed by atoms with Gasteiger partial charge in [0.05, 0.1) is 5.56 Å². The van der Waals surface area contributed by atoms with E-state index >= 15 is 0 Å². The van der Waals surface area contributed by atoms with Crippen molar-refractivity contribution in [1.82, 2.24) is 9.97 Å². The number of methoxy groups -OCH3 is 1. The predicted molar refractivity (Wildman–Crippen MR) is 119 cm³/mol. The molecule has 9 nitrogen and oxygen atoms in total. The number of nitrogens with one attached hydrogen (secondary N) is 3. The normalized spacial score (nSPS) is 10.4. The van der Waals surface area contributed by atoms with Crippen LogP contribution in [0.4, 0.5) is 23.1 Å². The number of primary amides is 1. The first-order valence-corrected chi connectivity index (χ1v) is 9.65. The van der Waals surface area contributed by atoms with Gasteiger partial charge in [-0.1, -0.05) is 36.4 Å². The van der Waals surface area contributed by atoms with Crippen molar-refractivity contribution in [3.8, 4) is 0 Å². The molecule has 5 N–H and O–H groups in total. The van der Waals surface area contributed by atoms with E-state index in [4.69, 9.17) is 10.5 Å². The zero-order valence-corrected chi connectivity index (χ0v) is 17.1. The molecule has 2 amide bonds. The molecule has 3 rings (SSSR count). The number of amides is 2. The lowest BCUT2D eigenvalue weighted by atomic mass is 10.1. The number of anilines is 4. The molecule has 160 valence electrons. The van der Waals surface area contributed by atoms with Crippen LogP contribution >= 0.6 is 0 Å². The highest BCUT2D eigenvalue weighted by Crippen LogP contribution is 2.20. The number of benzene rings is 2. The third-order valence-electron chi connectivity index (χ3n) is 4.28. The minimum atomic E-state index is -0.614. The monoisotopic (exact) mass is 420 g/mol. The second kappa shape index (κ2) is 10.7. The summed E-state index contributed by atoms with van der Waals surface area (Å²) in [6.07, 6.45) is 2.14. The number of hydrogen-bond acceptors (Lipinski definition) is 7. The fourth-order valence-electron chi connectivity index (χ4n) is 2.86. The summed E-state index contributed by atoms with van der Waals surface area (Å²) in [5, 5.41) is 8.95. The maximum absolute atomic E-state index is 11.8. The summed E-state index contributed by atoms with van der Waals surface area (Å²) in [6, 6.07) is 17.0. The molecule has 0 fully saturated rings. The summed E-state index contributed by atoms with van der Waals surface area (Å²) < 4.78 is 4.81. The number of rotatable bonds is 10. The highest BCUT2D eigenvalue weighted by Gasteiger charge is 2.12. The van der Waals surface area contributed by atoms with Crippen LogP contribution in [-0.4, -0.2) is 42.0 Å². The van der Waals surface area contributed by atoms with E-state index in [1.165, 1.54) is 13.3 Å². The second-order valence-corrected chi connectivity index (χ2v) is 6.67. The summed E-state index contributed by atoms with van der Waals surface area (Å²) >= 11 is 0. The van der Waals surface area contributed by atoms with E-state index in [0.717, 1.165) is 12.0 Å². The van der Waals surface area contributed by atoms with E-state index < -0.39 is 5.91 Å². The molecule has 0 saturated carbocycles. The van der Waals surface area contributed by atoms with Gasteiger partial charge in [-0.15, -0.1) is 0 Å². The number of ether oxygens (including phenoxy) is 1. The Balaban J connectivity index is 1.71. The molecule has 0 aliphatic heterocycles. The van der Waals surface area contributed by atoms with E-state index in [2.05, 4.69) is 25.9 Å². The highest BCUT2D eigenvalue weighted by molar-refractivity contribution is 5.97. The van der Waals surface area contributed by atoms with Gasteiger partial charge in [-0.05, 0) is 30.2 Å². The molecule has 0 spiro atoms. The Hall–Kier alpha value is -3.98. The first-order chi connectivity index (χ1) is 15.0. The molecule has 31 heavy (non-hydrogen) atoms. The van der Waals surface area contributed by atoms with E-state index in [1.807, 2.05) is 30.3 Å². The average molecular weight is 420 g/mol. The van der Waals surface area contributed by atoms with Crippen molar-refractivity contribution < 1.29 is 14.3 Å². The first kappa shape index (κ1) is 21.7. The molecular weight excluding hydrogens is 396 g/mol. The van der Waals surface area contributed by atoms with Crippen molar-refractivity contribution in [1.29, 1.82) is 0 Å². The molecule has 1 aromatic heterocycles. The molecule has 0 aliphatic rings. The minimum absolute atomic E-state index is 0.0344. The van der Waals surface area contributed by atoms with Gasteiger partial charge in [0.1, 0.15) is 12.4 Å². The number of nitrogens with zero attached hydrogens (tertiary/aromatic N) is 2. The molecule has 2 aromatic carbocycles. The molecule has 0 unspecified atom stereocenters. The van der Waals surface area contributed by atoms with E-state index in [-0.39, 0.29) is 24.0 Å². The third-order valence-corrected chi connectivity index (χ3v) is 4.28. The Morgan fingerprint density at radius 3 is 2.58 bits per heavy atom. The van der Waals surface area contributed by atoms with Gasteiger partial charge in [-0.3, -0.25) is 9.59 Å². The van der Waals surface area contributed by atoms with Crippen molar-refractivity contribution in [3.05, 3.63) is 71.9 Å². The van der Waals surface area contributed by atoms with Crippen LogP contribution in [-0.2, 0) is 16.0 Å². The number of carbonyl (C=O) groups is 2. The summed E-state index contributed by atoms with van der Waals surface area (Å²) in [6.45, 7) is 0.537. The topological polar surface area (TPSA) is 131 Å².